The second-order valence-corrected chi connectivity index (χ2v) is 6.33. The van der Waals surface area contributed by atoms with Gasteiger partial charge in [0.15, 0.2) is 5.13 Å². The Hall–Kier alpha value is -1.39. The lowest BCUT2D eigenvalue weighted by Crippen LogP contribution is -2.16. The maximum atomic E-state index is 4.41. The Morgan fingerprint density at radius 1 is 1.20 bits per heavy atom. The van der Waals surface area contributed by atoms with Crippen LogP contribution in [0.1, 0.15) is 29.3 Å². The molecule has 0 spiro atoms. The zero-order valence-electron chi connectivity index (χ0n) is 12.5. The molecule has 2 rings (SSSR count). The number of benzene rings is 1. The fourth-order valence-corrected chi connectivity index (χ4v) is 2.94. The van der Waals surface area contributed by atoms with Crippen LogP contribution < -0.4 is 5.32 Å². The molecule has 0 aliphatic rings. The molecular formula is C16H23N3S. The van der Waals surface area contributed by atoms with Gasteiger partial charge in [-0.3, -0.25) is 4.90 Å². The second kappa shape index (κ2) is 7.41. The highest BCUT2D eigenvalue weighted by atomic mass is 32.1. The summed E-state index contributed by atoms with van der Waals surface area (Å²) in [4.78, 5) is 8.03. The molecule has 4 heteroatoms. The number of hydrogen-bond acceptors (Lipinski definition) is 4. The van der Waals surface area contributed by atoms with E-state index in [0.29, 0.717) is 0 Å². The first-order valence-electron chi connectivity index (χ1n) is 7.10. The Morgan fingerprint density at radius 2 is 1.95 bits per heavy atom. The van der Waals surface area contributed by atoms with E-state index in [2.05, 4.69) is 60.4 Å². The van der Waals surface area contributed by atoms with E-state index in [0.717, 1.165) is 31.2 Å². The van der Waals surface area contributed by atoms with Crippen molar-refractivity contribution in [3.63, 3.8) is 0 Å². The minimum absolute atomic E-state index is 0.944. The SMILES string of the molecule is CCCNc1ncc(CN(C)Cc2ccc(C)cc2)s1. The maximum Gasteiger partial charge on any atom is 0.182 e. The predicted octanol–water partition coefficient (Wildman–Crippen LogP) is 3.91. The van der Waals surface area contributed by atoms with Crippen molar-refractivity contribution in [1.82, 2.24) is 9.88 Å². The lowest BCUT2D eigenvalue weighted by atomic mass is 10.1. The van der Waals surface area contributed by atoms with Crippen molar-refractivity contribution in [3.05, 3.63) is 46.5 Å². The Labute approximate surface area is 125 Å². The lowest BCUT2D eigenvalue weighted by molar-refractivity contribution is 0.322. The van der Waals surface area contributed by atoms with E-state index >= 15 is 0 Å². The van der Waals surface area contributed by atoms with Gasteiger partial charge in [0, 0.05) is 30.7 Å². The Kier molecular flexibility index (Phi) is 5.56. The number of thiazole rings is 1. The largest absolute Gasteiger partial charge is 0.362 e. The van der Waals surface area contributed by atoms with Gasteiger partial charge in [-0.15, -0.1) is 11.3 Å². The number of anilines is 1. The van der Waals surface area contributed by atoms with Gasteiger partial charge in [-0.25, -0.2) is 4.98 Å². The van der Waals surface area contributed by atoms with Crippen LogP contribution in [0.5, 0.6) is 0 Å². The van der Waals surface area contributed by atoms with Crippen LogP contribution in [0.25, 0.3) is 0 Å². The van der Waals surface area contributed by atoms with Crippen molar-refractivity contribution in [2.24, 2.45) is 0 Å². The fourth-order valence-electron chi connectivity index (χ4n) is 2.02. The molecule has 1 heterocycles. The maximum absolute atomic E-state index is 4.41. The molecule has 1 aromatic heterocycles. The molecule has 0 bridgehead atoms. The first kappa shape index (κ1) is 15.0. The van der Waals surface area contributed by atoms with Gasteiger partial charge in [-0.1, -0.05) is 36.8 Å². The van der Waals surface area contributed by atoms with Gasteiger partial charge in [0.25, 0.3) is 0 Å². The molecule has 0 saturated heterocycles. The second-order valence-electron chi connectivity index (χ2n) is 5.22. The van der Waals surface area contributed by atoms with Crippen molar-refractivity contribution in [2.45, 2.75) is 33.4 Å². The summed E-state index contributed by atoms with van der Waals surface area (Å²) in [6.45, 7) is 7.19. The Bertz CT molecular complexity index is 519. The Balaban J connectivity index is 1.86. The number of aromatic nitrogens is 1. The molecule has 0 unspecified atom stereocenters. The van der Waals surface area contributed by atoms with E-state index < -0.39 is 0 Å². The number of aryl methyl sites for hydroxylation is 1. The van der Waals surface area contributed by atoms with Crippen LogP contribution in [0.3, 0.4) is 0 Å². The molecule has 0 saturated carbocycles. The van der Waals surface area contributed by atoms with Gasteiger partial charge in [-0.05, 0) is 26.0 Å². The van der Waals surface area contributed by atoms with Crippen LogP contribution in [0.15, 0.2) is 30.5 Å². The topological polar surface area (TPSA) is 28.2 Å². The van der Waals surface area contributed by atoms with Crippen LogP contribution in [-0.4, -0.2) is 23.5 Å². The molecule has 3 nitrogen and oxygen atoms in total. The third-order valence-electron chi connectivity index (χ3n) is 3.08. The molecule has 108 valence electrons. The summed E-state index contributed by atoms with van der Waals surface area (Å²) in [5, 5.41) is 4.37. The van der Waals surface area contributed by atoms with Crippen LogP contribution in [0.2, 0.25) is 0 Å². The molecule has 0 atom stereocenters. The van der Waals surface area contributed by atoms with Gasteiger partial charge < -0.3 is 5.32 Å². The van der Waals surface area contributed by atoms with E-state index in [9.17, 15) is 0 Å². The van der Waals surface area contributed by atoms with Crippen molar-refractivity contribution in [1.29, 1.82) is 0 Å². The molecule has 20 heavy (non-hydrogen) atoms. The molecule has 1 N–H and O–H groups in total. The minimum atomic E-state index is 0.944. The normalized spacial score (nSPS) is 11.0. The summed E-state index contributed by atoms with van der Waals surface area (Å²) in [6.07, 6.45) is 3.11. The van der Waals surface area contributed by atoms with E-state index in [1.54, 1.807) is 11.3 Å². The summed E-state index contributed by atoms with van der Waals surface area (Å²) in [7, 11) is 2.15. The number of nitrogens with zero attached hydrogens (tertiary/aromatic N) is 2. The van der Waals surface area contributed by atoms with E-state index in [-0.39, 0.29) is 0 Å². The zero-order chi connectivity index (χ0) is 14.4. The smallest absolute Gasteiger partial charge is 0.182 e. The monoisotopic (exact) mass is 289 g/mol. The summed E-state index contributed by atoms with van der Waals surface area (Å²) in [5.74, 6) is 0. The average Bonchev–Trinajstić information content (AvgIpc) is 2.86. The van der Waals surface area contributed by atoms with Gasteiger partial charge in [0.2, 0.25) is 0 Å². The molecule has 1 aromatic carbocycles. The highest BCUT2D eigenvalue weighted by molar-refractivity contribution is 7.15. The summed E-state index contributed by atoms with van der Waals surface area (Å²) in [6, 6.07) is 8.74. The Morgan fingerprint density at radius 3 is 2.65 bits per heavy atom. The lowest BCUT2D eigenvalue weighted by Gasteiger charge is -2.15. The molecule has 2 aromatic rings. The van der Waals surface area contributed by atoms with E-state index in [4.69, 9.17) is 0 Å². The molecule has 0 fully saturated rings. The molecule has 0 amide bonds. The quantitative estimate of drug-likeness (QED) is 0.837. The number of hydrogen-bond donors (Lipinski definition) is 1. The third kappa shape index (κ3) is 4.62. The summed E-state index contributed by atoms with van der Waals surface area (Å²) in [5.41, 5.74) is 2.66. The number of nitrogens with one attached hydrogen (secondary N) is 1. The number of rotatable bonds is 7. The van der Waals surface area contributed by atoms with Crippen molar-refractivity contribution in [2.75, 3.05) is 18.9 Å². The molecular weight excluding hydrogens is 266 g/mol. The summed E-state index contributed by atoms with van der Waals surface area (Å²) < 4.78 is 0. The standard InChI is InChI=1S/C16H23N3S/c1-4-9-17-16-18-10-15(20-16)12-19(3)11-14-7-5-13(2)6-8-14/h5-8,10H,4,9,11-12H2,1-3H3,(H,17,18). The van der Waals surface area contributed by atoms with Crippen LogP contribution >= 0.6 is 11.3 Å². The molecule has 0 aliphatic carbocycles. The fraction of sp³-hybridized carbons (Fsp3) is 0.438. The van der Waals surface area contributed by atoms with Crippen LogP contribution in [0.4, 0.5) is 5.13 Å². The van der Waals surface area contributed by atoms with Crippen LogP contribution in [0, 0.1) is 6.92 Å². The molecule has 0 radical (unpaired) electrons. The van der Waals surface area contributed by atoms with Crippen molar-refractivity contribution >= 4 is 16.5 Å². The van der Waals surface area contributed by atoms with E-state index in [1.165, 1.54) is 16.0 Å². The van der Waals surface area contributed by atoms with Gasteiger partial charge in [0.05, 0.1) is 0 Å². The van der Waals surface area contributed by atoms with Crippen molar-refractivity contribution < 1.29 is 0 Å². The average molecular weight is 289 g/mol. The predicted molar refractivity (Wildman–Crippen MR) is 87.2 cm³/mol. The first-order chi connectivity index (χ1) is 9.67. The molecule has 0 aliphatic heterocycles. The first-order valence-corrected chi connectivity index (χ1v) is 7.91. The van der Waals surface area contributed by atoms with E-state index in [1.807, 2.05) is 6.20 Å². The minimum Gasteiger partial charge on any atom is -0.362 e. The van der Waals surface area contributed by atoms with Gasteiger partial charge >= 0.3 is 0 Å². The third-order valence-corrected chi connectivity index (χ3v) is 4.02. The van der Waals surface area contributed by atoms with Gasteiger partial charge in [-0.2, -0.15) is 0 Å². The van der Waals surface area contributed by atoms with Gasteiger partial charge in [0.1, 0.15) is 0 Å². The zero-order valence-corrected chi connectivity index (χ0v) is 13.3. The van der Waals surface area contributed by atoms with Crippen LogP contribution in [-0.2, 0) is 13.1 Å². The highest BCUT2D eigenvalue weighted by Gasteiger charge is 2.05. The highest BCUT2D eigenvalue weighted by Crippen LogP contribution is 2.20. The summed E-state index contributed by atoms with van der Waals surface area (Å²) >= 11 is 1.75. The van der Waals surface area contributed by atoms with Crippen molar-refractivity contribution in [3.8, 4) is 0 Å².